The number of piperidine rings is 1. The zero-order chi connectivity index (χ0) is 17.3. The van der Waals surface area contributed by atoms with Crippen LogP contribution in [0.2, 0.25) is 0 Å². The van der Waals surface area contributed by atoms with Crippen molar-refractivity contribution < 1.29 is 14.6 Å². The minimum Gasteiger partial charge on any atom is -0.489 e. The van der Waals surface area contributed by atoms with Crippen LogP contribution in [0.25, 0.3) is 0 Å². The van der Waals surface area contributed by atoms with Crippen LogP contribution in [0.1, 0.15) is 12.8 Å². The van der Waals surface area contributed by atoms with Gasteiger partial charge in [0.1, 0.15) is 18.4 Å². The number of ether oxygens (including phenoxy) is 1. The maximum atomic E-state index is 12.2. The highest BCUT2D eigenvalue weighted by Crippen LogP contribution is 2.38. The molecule has 2 heterocycles. The van der Waals surface area contributed by atoms with Crippen molar-refractivity contribution in [1.82, 2.24) is 0 Å². The van der Waals surface area contributed by atoms with E-state index in [-0.39, 0.29) is 24.5 Å². The summed E-state index contributed by atoms with van der Waals surface area (Å²) in [6.45, 7) is 1.96. The summed E-state index contributed by atoms with van der Waals surface area (Å²) in [6, 6.07) is 5.22. The minimum absolute atomic E-state index is 0.123. The maximum Gasteiger partial charge on any atom is 0.247 e. The fourth-order valence-electron chi connectivity index (χ4n) is 3.28. The Bertz CT molecular complexity index is 611. The van der Waals surface area contributed by atoms with Crippen LogP contribution in [-0.4, -0.2) is 56.3 Å². The number of benzene rings is 1. The number of likely N-dealkylation sites (N-methyl/N-ethyl adjacent to an activating group) is 1. The van der Waals surface area contributed by atoms with Gasteiger partial charge in [0.2, 0.25) is 5.91 Å². The average Bonchev–Trinajstić information content (AvgIpc) is 2.74. The third kappa shape index (κ3) is 3.06. The molecule has 1 amide bonds. The van der Waals surface area contributed by atoms with Crippen LogP contribution in [0.15, 0.2) is 18.2 Å². The highest BCUT2D eigenvalue weighted by molar-refractivity contribution is 6.18. The van der Waals surface area contributed by atoms with E-state index in [1.54, 1.807) is 11.9 Å². The number of aliphatic hydroxyl groups excluding tert-OH is 1. The molecule has 0 bridgehead atoms. The summed E-state index contributed by atoms with van der Waals surface area (Å²) in [7, 11) is 1.72. The minimum atomic E-state index is -0.644. The summed E-state index contributed by atoms with van der Waals surface area (Å²) >= 11 is 6.04. The number of rotatable bonds is 3. The highest BCUT2D eigenvalue weighted by Gasteiger charge is 2.34. The van der Waals surface area contributed by atoms with Gasteiger partial charge in [-0.15, -0.1) is 11.6 Å². The summed E-state index contributed by atoms with van der Waals surface area (Å²) in [6.07, 6.45) is 1.69. The molecule has 6 nitrogen and oxygen atoms in total. The summed E-state index contributed by atoms with van der Waals surface area (Å²) in [4.78, 5) is 16.0. The molecular weight excluding hydrogens is 330 g/mol. The number of hydrogen-bond acceptors (Lipinski definition) is 5. The molecule has 0 radical (unpaired) electrons. The van der Waals surface area contributed by atoms with Crippen LogP contribution in [0, 0.1) is 5.41 Å². The van der Waals surface area contributed by atoms with Gasteiger partial charge in [-0.25, -0.2) is 0 Å². The van der Waals surface area contributed by atoms with E-state index >= 15 is 0 Å². The van der Waals surface area contributed by atoms with Gasteiger partial charge in [-0.05, 0) is 31.0 Å². The molecule has 0 aromatic heterocycles. The zero-order valence-electron chi connectivity index (χ0n) is 13.9. The molecule has 0 spiro atoms. The van der Waals surface area contributed by atoms with Crippen LogP contribution in [0.5, 0.6) is 5.75 Å². The van der Waals surface area contributed by atoms with E-state index in [1.165, 1.54) is 0 Å². The number of carbonyl (C=O) groups excluding carboxylic acids is 1. The molecule has 3 rings (SSSR count). The van der Waals surface area contributed by atoms with Gasteiger partial charge >= 0.3 is 0 Å². The number of fused-ring (bicyclic) bond motifs is 1. The maximum absolute atomic E-state index is 12.2. The van der Waals surface area contributed by atoms with Crippen molar-refractivity contribution in [2.75, 3.05) is 49.0 Å². The Morgan fingerprint density at radius 2 is 2.12 bits per heavy atom. The van der Waals surface area contributed by atoms with Crippen molar-refractivity contribution in [3.63, 3.8) is 0 Å². The average molecular weight is 354 g/mol. The van der Waals surface area contributed by atoms with E-state index in [4.69, 9.17) is 22.1 Å². The molecule has 1 aromatic rings. The molecule has 2 aliphatic rings. The second-order valence-electron chi connectivity index (χ2n) is 6.75. The molecule has 1 fully saturated rings. The lowest BCUT2D eigenvalue weighted by atomic mass is 9.81. The number of aliphatic hydroxyl groups is 1. The molecule has 0 aliphatic carbocycles. The van der Waals surface area contributed by atoms with Crippen molar-refractivity contribution in [1.29, 1.82) is 0 Å². The molecule has 2 aliphatic heterocycles. The van der Waals surface area contributed by atoms with E-state index in [2.05, 4.69) is 4.90 Å². The normalized spacial score (nSPS) is 23.5. The van der Waals surface area contributed by atoms with Crippen molar-refractivity contribution >= 4 is 28.9 Å². The smallest absolute Gasteiger partial charge is 0.247 e. The predicted octanol–water partition coefficient (Wildman–Crippen LogP) is 1.19. The number of anilines is 2. The summed E-state index contributed by atoms with van der Waals surface area (Å²) in [5, 5.41) is 9.60. The molecule has 24 heavy (non-hydrogen) atoms. The summed E-state index contributed by atoms with van der Waals surface area (Å²) in [5.74, 6) is 1.00. The molecule has 132 valence electrons. The van der Waals surface area contributed by atoms with Gasteiger partial charge in [0.25, 0.3) is 0 Å². The number of nitrogens with two attached hydrogens (primary N) is 1. The number of amides is 1. The third-order valence-corrected chi connectivity index (χ3v) is 5.75. The zero-order valence-corrected chi connectivity index (χ0v) is 14.6. The van der Waals surface area contributed by atoms with Crippen molar-refractivity contribution in [2.45, 2.75) is 18.9 Å². The fourth-order valence-corrected chi connectivity index (χ4v) is 3.63. The van der Waals surface area contributed by atoms with Crippen LogP contribution >= 0.6 is 11.6 Å². The lowest BCUT2D eigenvalue weighted by Gasteiger charge is -2.40. The topological polar surface area (TPSA) is 79.0 Å². The molecule has 1 aromatic carbocycles. The van der Waals surface area contributed by atoms with E-state index in [9.17, 15) is 9.90 Å². The van der Waals surface area contributed by atoms with Crippen molar-refractivity contribution in [3.8, 4) is 5.75 Å². The standard InChI is InChI=1S/C17H24ClN3O3/c1-20-14-8-12(2-3-15(14)24-9-13(19)16(20)23)21-6-4-17(10-18,11-22)5-7-21/h2-3,8,13,22H,4-7,9-11,19H2,1H3/t13-/m0/s1. The number of hydrogen-bond donors (Lipinski definition) is 2. The first-order valence-corrected chi connectivity index (χ1v) is 8.75. The highest BCUT2D eigenvalue weighted by atomic mass is 35.5. The quantitative estimate of drug-likeness (QED) is 0.798. The Hall–Kier alpha value is -1.50. The summed E-state index contributed by atoms with van der Waals surface area (Å²) in [5.41, 5.74) is 7.43. The second kappa shape index (κ2) is 6.78. The molecular formula is C17H24ClN3O3. The van der Waals surface area contributed by atoms with Gasteiger partial charge < -0.3 is 25.4 Å². The Morgan fingerprint density at radius 1 is 1.42 bits per heavy atom. The second-order valence-corrected chi connectivity index (χ2v) is 7.01. The van der Waals surface area contributed by atoms with Crippen molar-refractivity contribution in [3.05, 3.63) is 18.2 Å². The molecule has 0 unspecified atom stereocenters. The first kappa shape index (κ1) is 17.3. The Kier molecular flexibility index (Phi) is 4.90. The molecule has 1 atom stereocenters. The number of halogens is 1. The van der Waals surface area contributed by atoms with Crippen LogP contribution in [0.3, 0.4) is 0 Å². The lowest BCUT2D eigenvalue weighted by Crippen LogP contribution is -2.44. The van der Waals surface area contributed by atoms with E-state index in [0.29, 0.717) is 11.6 Å². The number of nitrogens with zero attached hydrogens (tertiary/aromatic N) is 2. The van der Waals surface area contributed by atoms with E-state index in [1.807, 2.05) is 18.2 Å². The Morgan fingerprint density at radius 3 is 2.75 bits per heavy atom. The first-order valence-electron chi connectivity index (χ1n) is 8.21. The molecule has 1 saturated heterocycles. The predicted molar refractivity (Wildman–Crippen MR) is 95.0 cm³/mol. The lowest BCUT2D eigenvalue weighted by molar-refractivity contribution is -0.119. The first-order chi connectivity index (χ1) is 11.5. The van der Waals surface area contributed by atoms with Gasteiger partial charge in [-0.3, -0.25) is 4.79 Å². The van der Waals surface area contributed by atoms with E-state index in [0.717, 1.165) is 37.3 Å². The SMILES string of the molecule is CN1C(=O)[C@@H](N)COc2ccc(N3CCC(CO)(CCl)CC3)cc21. The monoisotopic (exact) mass is 353 g/mol. The number of alkyl halides is 1. The molecule has 0 saturated carbocycles. The van der Waals surface area contributed by atoms with Crippen LogP contribution in [0.4, 0.5) is 11.4 Å². The van der Waals surface area contributed by atoms with E-state index < -0.39 is 6.04 Å². The Balaban J connectivity index is 1.81. The number of carbonyl (C=O) groups is 1. The van der Waals surface area contributed by atoms with Crippen LogP contribution < -0.4 is 20.3 Å². The summed E-state index contributed by atoms with van der Waals surface area (Å²) < 4.78 is 5.66. The fraction of sp³-hybridized carbons (Fsp3) is 0.588. The van der Waals surface area contributed by atoms with Crippen LogP contribution in [-0.2, 0) is 4.79 Å². The third-order valence-electron chi connectivity index (χ3n) is 5.18. The van der Waals surface area contributed by atoms with Gasteiger partial charge in [-0.1, -0.05) is 0 Å². The van der Waals surface area contributed by atoms with Gasteiger partial charge in [0.05, 0.1) is 5.69 Å². The largest absolute Gasteiger partial charge is 0.489 e. The van der Waals surface area contributed by atoms with Gasteiger partial charge in [0.15, 0.2) is 0 Å². The van der Waals surface area contributed by atoms with Gasteiger partial charge in [0, 0.05) is 43.7 Å². The molecule has 3 N–H and O–H groups in total. The molecule has 7 heteroatoms. The van der Waals surface area contributed by atoms with Crippen molar-refractivity contribution in [2.24, 2.45) is 11.1 Å². The Labute approximate surface area is 147 Å². The van der Waals surface area contributed by atoms with Gasteiger partial charge in [-0.2, -0.15) is 0 Å².